The van der Waals surface area contributed by atoms with E-state index in [0.29, 0.717) is 11.4 Å². The van der Waals surface area contributed by atoms with Gasteiger partial charge in [0.15, 0.2) is 6.17 Å². The van der Waals surface area contributed by atoms with Gasteiger partial charge in [-0.25, -0.2) is 13.8 Å². The molecular formula is C17H16F2N2. The SMILES string of the molecule is CC(C)n1c(C(F)c2ccc(F)cc2)nc2ccccc21. The lowest BCUT2D eigenvalue weighted by atomic mass is 10.1. The lowest BCUT2D eigenvalue weighted by molar-refractivity contribution is 0.364. The first-order valence-electron chi connectivity index (χ1n) is 6.94. The fourth-order valence-electron chi connectivity index (χ4n) is 2.57. The van der Waals surface area contributed by atoms with Crippen molar-refractivity contribution in [3.63, 3.8) is 0 Å². The van der Waals surface area contributed by atoms with Crippen molar-refractivity contribution < 1.29 is 8.78 Å². The van der Waals surface area contributed by atoms with E-state index in [1.807, 2.05) is 42.7 Å². The first-order chi connectivity index (χ1) is 10.1. The molecule has 3 rings (SSSR count). The van der Waals surface area contributed by atoms with E-state index in [1.165, 1.54) is 24.3 Å². The van der Waals surface area contributed by atoms with E-state index >= 15 is 0 Å². The molecule has 1 unspecified atom stereocenters. The number of nitrogens with zero attached hydrogens (tertiary/aromatic N) is 2. The number of benzene rings is 2. The number of fused-ring (bicyclic) bond motifs is 1. The molecule has 1 heterocycles. The second-order valence-electron chi connectivity index (χ2n) is 5.34. The molecule has 0 aliphatic carbocycles. The highest BCUT2D eigenvalue weighted by Crippen LogP contribution is 2.31. The summed E-state index contributed by atoms with van der Waals surface area (Å²) in [4.78, 5) is 4.43. The Hall–Kier alpha value is -2.23. The van der Waals surface area contributed by atoms with Gasteiger partial charge in [0.25, 0.3) is 0 Å². The fourth-order valence-corrected chi connectivity index (χ4v) is 2.57. The highest BCUT2D eigenvalue weighted by molar-refractivity contribution is 5.76. The van der Waals surface area contributed by atoms with Gasteiger partial charge in [-0.3, -0.25) is 0 Å². The molecule has 108 valence electrons. The molecule has 0 bridgehead atoms. The predicted octanol–water partition coefficient (Wildman–Crippen LogP) is 4.82. The third-order valence-electron chi connectivity index (χ3n) is 3.53. The van der Waals surface area contributed by atoms with Gasteiger partial charge in [-0.1, -0.05) is 24.3 Å². The highest BCUT2D eigenvalue weighted by atomic mass is 19.1. The summed E-state index contributed by atoms with van der Waals surface area (Å²) >= 11 is 0. The Kier molecular flexibility index (Phi) is 3.45. The molecule has 0 radical (unpaired) electrons. The Balaban J connectivity index is 2.14. The Morgan fingerprint density at radius 2 is 1.67 bits per heavy atom. The number of aromatic nitrogens is 2. The Morgan fingerprint density at radius 1 is 1.00 bits per heavy atom. The monoisotopic (exact) mass is 286 g/mol. The minimum atomic E-state index is -1.37. The van der Waals surface area contributed by atoms with E-state index in [-0.39, 0.29) is 11.9 Å². The van der Waals surface area contributed by atoms with Crippen LogP contribution in [-0.2, 0) is 0 Å². The second kappa shape index (κ2) is 5.28. The number of para-hydroxylation sites is 2. The number of hydrogen-bond donors (Lipinski definition) is 0. The van der Waals surface area contributed by atoms with Crippen LogP contribution >= 0.6 is 0 Å². The normalized spacial score (nSPS) is 13.0. The van der Waals surface area contributed by atoms with Gasteiger partial charge in [0.05, 0.1) is 11.0 Å². The van der Waals surface area contributed by atoms with Gasteiger partial charge < -0.3 is 4.57 Å². The topological polar surface area (TPSA) is 17.8 Å². The van der Waals surface area contributed by atoms with E-state index in [2.05, 4.69) is 4.98 Å². The van der Waals surface area contributed by atoms with Gasteiger partial charge in [-0.2, -0.15) is 0 Å². The summed E-state index contributed by atoms with van der Waals surface area (Å²) in [5, 5.41) is 0. The van der Waals surface area contributed by atoms with Crippen LogP contribution < -0.4 is 0 Å². The standard InChI is InChI=1S/C17H16F2N2/c1-11(2)21-15-6-4-3-5-14(15)20-17(21)16(19)12-7-9-13(18)10-8-12/h3-11,16H,1-2H3. The Labute approximate surface area is 122 Å². The zero-order valence-corrected chi connectivity index (χ0v) is 11.9. The van der Waals surface area contributed by atoms with Gasteiger partial charge >= 0.3 is 0 Å². The number of rotatable bonds is 3. The largest absolute Gasteiger partial charge is 0.323 e. The molecule has 21 heavy (non-hydrogen) atoms. The van der Waals surface area contributed by atoms with Crippen LogP contribution in [0.2, 0.25) is 0 Å². The predicted molar refractivity (Wildman–Crippen MR) is 79.5 cm³/mol. The summed E-state index contributed by atoms with van der Waals surface area (Å²) in [5.74, 6) is -0.0129. The summed E-state index contributed by atoms with van der Waals surface area (Å²) < 4.78 is 29.7. The van der Waals surface area contributed by atoms with Crippen molar-refractivity contribution in [2.45, 2.75) is 26.1 Å². The molecule has 0 N–H and O–H groups in total. The lowest BCUT2D eigenvalue weighted by Gasteiger charge is -2.15. The van der Waals surface area contributed by atoms with Crippen LogP contribution in [0.3, 0.4) is 0 Å². The van der Waals surface area contributed by atoms with Crippen LogP contribution in [0.5, 0.6) is 0 Å². The van der Waals surface area contributed by atoms with E-state index in [9.17, 15) is 8.78 Å². The number of hydrogen-bond acceptors (Lipinski definition) is 1. The summed E-state index contributed by atoms with van der Waals surface area (Å²) in [6.45, 7) is 3.99. The molecular weight excluding hydrogens is 270 g/mol. The Bertz CT molecular complexity index is 760. The van der Waals surface area contributed by atoms with Gasteiger partial charge in [-0.15, -0.1) is 0 Å². The Morgan fingerprint density at radius 3 is 2.33 bits per heavy atom. The van der Waals surface area contributed by atoms with E-state index in [0.717, 1.165) is 11.0 Å². The van der Waals surface area contributed by atoms with E-state index in [4.69, 9.17) is 0 Å². The number of imidazole rings is 1. The molecule has 2 nitrogen and oxygen atoms in total. The first-order valence-corrected chi connectivity index (χ1v) is 6.94. The smallest absolute Gasteiger partial charge is 0.183 e. The number of halogens is 2. The van der Waals surface area contributed by atoms with Crippen LogP contribution in [0, 0.1) is 5.82 Å². The molecule has 1 aromatic heterocycles. The summed E-state index contributed by atoms with van der Waals surface area (Å²) in [6, 6.07) is 13.2. The molecule has 0 aliphatic rings. The van der Waals surface area contributed by atoms with Gasteiger partial charge in [0.2, 0.25) is 0 Å². The molecule has 0 saturated carbocycles. The van der Waals surface area contributed by atoms with Gasteiger partial charge in [0.1, 0.15) is 11.6 Å². The zero-order chi connectivity index (χ0) is 15.0. The van der Waals surface area contributed by atoms with Gasteiger partial charge in [0, 0.05) is 6.04 Å². The third kappa shape index (κ3) is 2.42. The molecule has 0 saturated heterocycles. The molecule has 0 aliphatic heterocycles. The average molecular weight is 286 g/mol. The first kappa shape index (κ1) is 13.7. The molecule has 2 aromatic carbocycles. The van der Waals surface area contributed by atoms with Crippen LogP contribution in [0.15, 0.2) is 48.5 Å². The minimum absolute atomic E-state index is 0.0890. The van der Waals surface area contributed by atoms with Crippen molar-refractivity contribution in [3.05, 3.63) is 65.7 Å². The maximum Gasteiger partial charge on any atom is 0.183 e. The van der Waals surface area contributed by atoms with Crippen molar-refractivity contribution in [1.29, 1.82) is 0 Å². The fraction of sp³-hybridized carbons (Fsp3) is 0.235. The third-order valence-corrected chi connectivity index (χ3v) is 3.53. The molecule has 1 atom stereocenters. The molecule has 0 spiro atoms. The number of alkyl halides is 1. The summed E-state index contributed by atoms with van der Waals surface area (Å²) in [7, 11) is 0. The summed E-state index contributed by atoms with van der Waals surface area (Å²) in [6.07, 6.45) is -1.37. The molecule has 4 heteroatoms. The van der Waals surface area contributed by atoms with Crippen LogP contribution in [-0.4, -0.2) is 9.55 Å². The van der Waals surface area contributed by atoms with E-state index < -0.39 is 6.17 Å². The van der Waals surface area contributed by atoms with Crippen molar-refractivity contribution in [2.24, 2.45) is 0 Å². The average Bonchev–Trinajstić information content (AvgIpc) is 2.86. The molecule has 0 amide bonds. The zero-order valence-electron chi connectivity index (χ0n) is 11.9. The van der Waals surface area contributed by atoms with Crippen molar-refractivity contribution in [1.82, 2.24) is 9.55 Å². The summed E-state index contributed by atoms with van der Waals surface area (Å²) in [5.41, 5.74) is 2.09. The minimum Gasteiger partial charge on any atom is -0.323 e. The van der Waals surface area contributed by atoms with Gasteiger partial charge in [-0.05, 0) is 43.7 Å². The van der Waals surface area contributed by atoms with Crippen LogP contribution in [0.25, 0.3) is 11.0 Å². The maximum absolute atomic E-state index is 14.9. The van der Waals surface area contributed by atoms with Crippen molar-refractivity contribution in [3.8, 4) is 0 Å². The molecule has 3 aromatic rings. The van der Waals surface area contributed by atoms with E-state index in [1.54, 1.807) is 0 Å². The molecule has 0 fully saturated rings. The quantitative estimate of drug-likeness (QED) is 0.675. The van der Waals surface area contributed by atoms with Crippen molar-refractivity contribution in [2.75, 3.05) is 0 Å². The van der Waals surface area contributed by atoms with Crippen molar-refractivity contribution >= 4 is 11.0 Å². The van der Waals surface area contributed by atoms with Crippen LogP contribution in [0.4, 0.5) is 8.78 Å². The lowest BCUT2D eigenvalue weighted by Crippen LogP contribution is -2.09. The highest BCUT2D eigenvalue weighted by Gasteiger charge is 2.22. The van der Waals surface area contributed by atoms with Crippen LogP contribution in [0.1, 0.15) is 37.4 Å². The second-order valence-corrected chi connectivity index (χ2v) is 5.34. The maximum atomic E-state index is 14.9.